The zero-order chi connectivity index (χ0) is 21.1. The number of aliphatic imine (C=N–C) groups is 1. The van der Waals surface area contributed by atoms with Crippen LogP contribution in [0.1, 0.15) is 49.8 Å². The van der Waals surface area contributed by atoms with Crippen LogP contribution in [-0.4, -0.2) is 31.3 Å². The summed E-state index contributed by atoms with van der Waals surface area (Å²) in [5.41, 5.74) is 5.01. The number of fused-ring (bicyclic) bond motifs is 1. The van der Waals surface area contributed by atoms with Crippen LogP contribution in [0.4, 0.5) is 0 Å². The van der Waals surface area contributed by atoms with Gasteiger partial charge in [-0.15, -0.1) is 0 Å². The average Bonchev–Trinajstić information content (AvgIpc) is 2.71. The normalized spacial score (nSPS) is 17.0. The lowest BCUT2D eigenvalue weighted by Gasteiger charge is -2.45. The lowest BCUT2D eigenvalue weighted by molar-refractivity contribution is -0.124. The van der Waals surface area contributed by atoms with Gasteiger partial charge < -0.3 is 10.1 Å². The van der Waals surface area contributed by atoms with Gasteiger partial charge in [0, 0.05) is 28.5 Å². The summed E-state index contributed by atoms with van der Waals surface area (Å²) in [6, 6.07) is 14.6. The van der Waals surface area contributed by atoms with Crippen LogP contribution in [0.15, 0.2) is 47.5 Å². The van der Waals surface area contributed by atoms with Gasteiger partial charge in [-0.1, -0.05) is 50.1 Å². The van der Waals surface area contributed by atoms with E-state index in [1.165, 1.54) is 28.8 Å². The number of hydrogen-bond acceptors (Lipinski definition) is 3. The Balaban J connectivity index is 1.54. The summed E-state index contributed by atoms with van der Waals surface area (Å²) >= 11 is 6.13. The van der Waals surface area contributed by atoms with Gasteiger partial charge >= 0.3 is 0 Å². The van der Waals surface area contributed by atoms with E-state index in [0.29, 0.717) is 13.2 Å². The number of carbonyl (C=O) groups is 1. The highest BCUT2D eigenvalue weighted by Crippen LogP contribution is 2.48. The number of carbonyl (C=O) groups excluding carboxylic acids is 1. The molecule has 2 aromatic rings. The molecule has 0 bridgehead atoms. The summed E-state index contributed by atoms with van der Waals surface area (Å²) in [6.07, 6.45) is 4.39. The third-order valence-electron chi connectivity index (χ3n) is 6.24. The topological polar surface area (TPSA) is 50.7 Å². The lowest BCUT2D eigenvalue weighted by atomic mass is 9.59. The van der Waals surface area contributed by atoms with Gasteiger partial charge in [-0.05, 0) is 54.7 Å². The Morgan fingerprint density at radius 2 is 1.97 bits per heavy atom. The van der Waals surface area contributed by atoms with Crippen molar-refractivity contribution < 1.29 is 9.53 Å². The molecule has 0 spiro atoms. The number of ether oxygens (including phenoxy) is 1. The molecule has 158 valence electrons. The molecule has 0 saturated heterocycles. The van der Waals surface area contributed by atoms with Crippen LogP contribution in [-0.2, 0) is 16.6 Å². The minimum atomic E-state index is -0.0242. The summed E-state index contributed by atoms with van der Waals surface area (Å²) in [5.74, 6) is 0.861. The van der Waals surface area contributed by atoms with Crippen LogP contribution < -0.4 is 10.1 Å². The zero-order valence-corrected chi connectivity index (χ0v) is 18.5. The van der Waals surface area contributed by atoms with Crippen LogP contribution in [0.25, 0.3) is 0 Å². The van der Waals surface area contributed by atoms with Gasteiger partial charge in [0.15, 0.2) is 0 Å². The third-order valence-corrected chi connectivity index (χ3v) is 6.49. The summed E-state index contributed by atoms with van der Waals surface area (Å²) < 4.78 is 5.95. The van der Waals surface area contributed by atoms with Gasteiger partial charge in [-0.2, -0.15) is 0 Å². The van der Waals surface area contributed by atoms with E-state index >= 15 is 0 Å². The van der Waals surface area contributed by atoms with Gasteiger partial charge in [-0.25, -0.2) is 0 Å². The number of nitrogens with zero attached hydrogens (tertiary/aromatic N) is 1. The van der Waals surface area contributed by atoms with Crippen molar-refractivity contribution in [1.82, 2.24) is 5.32 Å². The Morgan fingerprint density at radius 1 is 1.20 bits per heavy atom. The highest BCUT2D eigenvalue weighted by molar-refractivity contribution is 6.30. The minimum absolute atomic E-state index is 0.0148. The first-order chi connectivity index (χ1) is 14.5. The first-order valence-corrected chi connectivity index (χ1v) is 11.2. The van der Waals surface area contributed by atoms with Gasteiger partial charge in [-0.3, -0.25) is 9.79 Å². The van der Waals surface area contributed by atoms with E-state index in [9.17, 15) is 4.79 Å². The van der Waals surface area contributed by atoms with Gasteiger partial charge in [0.05, 0.1) is 12.3 Å². The maximum atomic E-state index is 11.7. The molecule has 1 aliphatic carbocycles. The third kappa shape index (κ3) is 4.11. The second-order valence-corrected chi connectivity index (χ2v) is 8.97. The largest absolute Gasteiger partial charge is 0.492 e. The number of hydrogen-bond donors (Lipinski definition) is 1. The molecule has 1 heterocycles. The molecule has 4 rings (SSSR count). The molecule has 0 unspecified atom stereocenters. The number of benzene rings is 2. The number of nitrogens with one attached hydrogen (secondary N) is 1. The van der Waals surface area contributed by atoms with Crippen LogP contribution in [0.5, 0.6) is 5.75 Å². The molecule has 2 aliphatic rings. The second-order valence-electron chi connectivity index (χ2n) is 8.54. The Bertz CT molecular complexity index is 946. The lowest BCUT2D eigenvalue weighted by Crippen LogP contribution is -2.44. The molecular formula is C25H29ClN2O2. The van der Waals surface area contributed by atoms with Crippen molar-refractivity contribution in [2.45, 2.75) is 44.9 Å². The monoisotopic (exact) mass is 424 g/mol. The van der Waals surface area contributed by atoms with Crippen molar-refractivity contribution in [2.75, 3.05) is 19.7 Å². The fourth-order valence-electron chi connectivity index (χ4n) is 4.37. The molecule has 0 radical (unpaired) electrons. The van der Waals surface area contributed by atoms with Crippen LogP contribution in [0.2, 0.25) is 5.02 Å². The predicted octanol–water partition coefficient (Wildman–Crippen LogP) is 4.96. The van der Waals surface area contributed by atoms with E-state index in [1.807, 2.05) is 32.0 Å². The molecule has 1 N–H and O–H groups in total. The van der Waals surface area contributed by atoms with Crippen molar-refractivity contribution in [2.24, 2.45) is 10.9 Å². The highest BCUT2D eigenvalue weighted by atomic mass is 35.5. The predicted molar refractivity (Wildman–Crippen MR) is 122 cm³/mol. The van der Waals surface area contributed by atoms with E-state index < -0.39 is 0 Å². The molecule has 1 fully saturated rings. The van der Waals surface area contributed by atoms with Crippen molar-refractivity contribution >= 4 is 23.2 Å². The molecular weight excluding hydrogens is 396 g/mol. The van der Waals surface area contributed by atoms with Crippen molar-refractivity contribution in [3.05, 3.63) is 64.2 Å². The van der Waals surface area contributed by atoms with Crippen molar-refractivity contribution in [3.63, 3.8) is 0 Å². The summed E-state index contributed by atoms with van der Waals surface area (Å²) in [5, 5.41) is 3.66. The number of halogens is 1. The first kappa shape index (κ1) is 20.9. The molecule has 4 nitrogen and oxygen atoms in total. The Kier molecular flexibility index (Phi) is 6.14. The molecule has 2 aromatic carbocycles. The number of rotatable bonds is 7. The molecule has 1 aliphatic heterocycles. The van der Waals surface area contributed by atoms with E-state index in [-0.39, 0.29) is 17.2 Å². The maximum absolute atomic E-state index is 11.7. The zero-order valence-electron chi connectivity index (χ0n) is 17.7. The molecule has 0 aromatic heterocycles. The molecule has 30 heavy (non-hydrogen) atoms. The molecule has 5 heteroatoms. The van der Waals surface area contributed by atoms with Gasteiger partial charge in [0.25, 0.3) is 0 Å². The van der Waals surface area contributed by atoms with Crippen molar-refractivity contribution in [3.8, 4) is 5.75 Å². The van der Waals surface area contributed by atoms with Gasteiger partial charge in [0.1, 0.15) is 12.4 Å². The SMILES string of the molecule is CC(C)C(=O)NCCOc1ccc2c(c1)C(C1(c3ccc(Cl)cc3)CCC1)=NCC2. The molecule has 1 saturated carbocycles. The van der Waals surface area contributed by atoms with E-state index in [1.54, 1.807) is 0 Å². The van der Waals surface area contributed by atoms with E-state index in [0.717, 1.165) is 36.6 Å². The van der Waals surface area contributed by atoms with Crippen LogP contribution >= 0.6 is 11.6 Å². The summed E-state index contributed by atoms with van der Waals surface area (Å²) in [7, 11) is 0. The van der Waals surface area contributed by atoms with E-state index in [2.05, 4.69) is 29.6 Å². The van der Waals surface area contributed by atoms with Crippen LogP contribution in [0, 0.1) is 5.92 Å². The van der Waals surface area contributed by atoms with Crippen LogP contribution in [0.3, 0.4) is 0 Å². The summed E-state index contributed by atoms with van der Waals surface area (Å²) in [4.78, 5) is 16.7. The quantitative estimate of drug-likeness (QED) is 0.639. The fraction of sp³-hybridized carbons (Fsp3) is 0.440. The smallest absolute Gasteiger partial charge is 0.222 e. The fourth-order valence-corrected chi connectivity index (χ4v) is 4.50. The Morgan fingerprint density at radius 3 is 2.63 bits per heavy atom. The van der Waals surface area contributed by atoms with E-state index in [4.69, 9.17) is 21.3 Å². The first-order valence-electron chi connectivity index (χ1n) is 10.8. The number of amides is 1. The molecule has 1 amide bonds. The highest BCUT2D eigenvalue weighted by Gasteiger charge is 2.45. The Hall–Kier alpha value is -2.33. The van der Waals surface area contributed by atoms with Crippen molar-refractivity contribution in [1.29, 1.82) is 0 Å². The van der Waals surface area contributed by atoms with Gasteiger partial charge in [0.2, 0.25) is 5.91 Å². The minimum Gasteiger partial charge on any atom is -0.492 e. The molecule has 0 atom stereocenters. The Labute approximate surface area is 183 Å². The average molecular weight is 425 g/mol. The summed E-state index contributed by atoms with van der Waals surface area (Å²) in [6.45, 7) is 5.56. The second kappa shape index (κ2) is 8.81. The maximum Gasteiger partial charge on any atom is 0.222 e. The standard InChI is InChI=1S/C25H29ClN2O2/c1-17(2)24(29)28-14-15-30-21-9-4-18-10-13-27-23(22(18)16-21)25(11-3-12-25)19-5-7-20(26)8-6-19/h4-9,16-17H,3,10-15H2,1-2H3,(H,28,29).